The molecule has 0 unspecified atom stereocenters. The normalized spacial score (nSPS) is 8.06. The molecule has 1 rings (SSSR count). The Labute approximate surface area is 96.5 Å². The molecule has 0 aliphatic heterocycles. The summed E-state index contributed by atoms with van der Waals surface area (Å²) in [6, 6.07) is 8.98. The highest BCUT2D eigenvalue weighted by Gasteiger charge is 1.80. The topological polar surface area (TPSA) is 38.7 Å². The number of para-hydroxylation sites is 1. The van der Waals surface area contributed by atoms with Gasteiger partial charge in [0.15, 0.2) is 0 Å². The van der Waals surface area contributed by atoms with E-state index in [4.69, 9.17) is 4.74 Å². The smallest absolute Gasteiger partial charge is 0.240 e. The number of hydrogen-bond donors (Lipinski definition) is 0. The first-order valence-corrected chi connectivity index (χ1v) is 5.20. The molecule has 3 nitrogen and oxygen atoms in total. The van der Waals surface area contributed by atoms with E-state index in [1.807, 2.05) is 18.2 Å². The van der Waals surface area contributed by atoms with Crippen molar-refractivity contribution in [2.45, 2.75) is 19.8 Å². The predicted molar refractivity (Wildman–Crippen MR) is 65.3 cm³/mol. The summed E-state index contributed by atoms with van der Waals surface area (Å²) < 4.78 is 4.84. The number of isocyanates is 1. The molecule has 1 aromatic carbocycles. The minimum Gasteiger partial charge on any atom is -0.502 e. The molecule has 0 fully saturated rings. The number of unbranched alkanes of at least 4 members (excludes halogenated alkanes) is 1. The van der Waals surface area contributed by atoms with Gasteiger partial charge < -0.3 is 4.74 Å². The highest BCUT2D eigenvalue weighted by Crippen LogP contribution is 2.06. The zero-order valence-electron chi connectivity index (χ0n) is 9.56. The van der Waals surface area contributed by atoms with Crippen molar-refractivity contribution in [1.29, 1.82) is 0 Å². The van der Waals surface area contributed by atoms with E-state index in [-0.39, 0.29) is 0 Å². The quantitative estimate of drug-likeness (QED) is 0.328. The lowest BCUT2D eigenvalue weighted by molar-refractivity contribution is 0.245. The average Bonchev–Trinajstić information content (AvgIpc) is 2.32. The highest BCUT2D eigenvalue weighted by atomic mass is 16.5. The minimum absolute atomic E-state index is 0.646. The molecule has 0 amide bonds. The molecule has 0 bridgehead atoms. The van der Waals surface area contributed by atoms with Gasteiger partial charge in [0, 0.05) is 0 Å². The summed E-state index contributed by atoms with van der Waals surface area (Å²) in [4.78, 5) is 13.1. The first kappa shape index (κ1) is 14.1. The molecule has 16 heavy (non-hydrogen) atoms. The number of ether oxygens (including phenoxy) is 1. The van der Waals surface area contributed by atoms with Gasteiger partial charge in [0.05, 0.1) is 18.6 Å². The Hall–Kier alpha value is -1.86. The van der Waals surface area contributed by atoms with Crippen LogP contribution in [0.4, 0.5) is 5.69 Å². The van der Waals surface area contributed by atoms with Gasteiger partial charge in [-0.1, -0.05) is 38.1 Å². The van der Waals surface area contributed by atoms with Crippen LogP contribution in [-0.2, 0) is 9.53 Å². The molecule has 1 aromatic rings. The molecule has 0 spiro atoms. The number of nitrogens with zero attached hydrogens (tertiary/aromatic N) is 1. The van der Waals surface area contributed by atoms with Gasteiger partial charge in [0.25, 0.3) is 0 Å². The highest BCUT2D eigenvalue weighted by molar-refractivity contribution is 5.47. The van der Waals surface area contributed by atoms with Crippen molar-refractivity contribution in [3.8, 4) is 0 Å². The SMILES string of the molecule is C=COCCCC.O=C=Nc1ccccc1. The third kappa shape index (κ3) is 8.73. The third-order valence-electron chi connectivity index (χ3n) is 1.66. The molecule has 0 aliphatic carbocycles. The summed E-state index contributed by atoms with van der Waals surface area (Å²) in [6.45, 7) is 6.36. The van der Waals surface area contributed by atoms with E-state index < -0.39 is 0 Å². The van der Waals surface area contributed by atoms with Crippen molar-refractivity contribution >= 4 is 11.8 Å². The van der Waals surface area contributed by atoms with Crippen LogP contribution in [0.5, 0.6) is 0 Å². The molecule has 0 saturated carbocycles. The zero-order chi connectivity index (χ0) is 12.1. The fraction of sp³-hybridized carbons (Fsp3) is 0.308. The lowest BCUT2D eigenvalue weighted by Crippen LogP contribution is -1.83. The molecular weight excluding hydrogens is 202 g/mol. The fourth-order valence-corrected chi connectivity index (χ4v) is 0.866. The van der Waals surface area contributed by atoms with Gasteiger partial charge >= 0.3 is 0 Å². The van der Waals surface area contributed by atoms with E-state index in [0.29, 0.717) is 5.69 Å². The third-order valence-corrected chi connectivity index (χ3v) is 1.66. The Balaban J connectivity index is 0.000000293. The van der Waals surface area contributed by atoms with Gasteiger partial charge in [-0.3, -0.25) is 0 Å². The predicted octanol–water partition coefficient (Wildman–Crippen LogP) is 3.60. The molecule has 0 heterocycles. The van der Waals surface area contributed by atoms with Crippen molar-refractivity contribution in [2.75, 3.05) is 6.61 Å². The Bertz CT molecular complexity index is 316. The van der Waals surface area contributed by atoms with Crippen molar-refractivity contribution in [1.82, 2.24) is 0 Å². The molecule has 0 N–H and O–H groups in total. The van der Waals surface area contributed by atoms with Crippen LogP contribution in [0.3, 0.4) is 0 Å². The standard InChI is InChI=1S/C7H5NO.C6H12O/c9-6-8-7-4-2-1-3-5-7;1-3-5-6-7-4-2/h1-5H;4H,2-3,5-6H2,1H3. The zero-order valence-corrected chi connectivity index (χ0v) is 9.56. The summed E-state index contributed by atoms with van der Waals surface area (Å²) in [7, 11) is 0. The van der Waals surface area contributed by atoms with Crippen molar-refractivity contribution in [2.24, 2.45) is 4.99 Å². The number of rotatable bonds is 5. The molecule has 86 valence electrons. The number of carbonyl (C=O) groups excluding carboxylic acids is 1. The number of hydrogen-bond acceptors (Lipinski definition) is 3. The second kappa shape index (κ2) is 11.2. The second-order valence-electron chi connectivity index (χ2n) is 2.93. The van der Waals surface area contributed by atoms with Gasteiger partial charge in [-0.25, -0.2) is 4.79 Å². The van der Waals surface area contributed by atoms with Crippen LogP contribution < -0.4 is 0 Å². The van der Waals surface area contributed by atoms with Crippen LogP contribution in [0, 0.1) is 0 Å². The van der Waals surface area contributed by atoms with Crippen LogP contribution in [-0.4, -0.2) is 12.7 Å². The van der Waals surface area contributed by atoms with E-state index in [9.17, 15) is 4.79 Å². The van der Waals surface area contributed by atoms with Crippen LogP contribution in [0.25, 0.3) is 0 Å². The van der Waals surface area contributed by atoms with E-state index in [1.54, 1.807) is 12.1 Å². The first-order chi connectivity index (χ1) is 7.85. The van der Waals surface area contributed by atoms with E-state index in [0.717, 1.165) is 13.0 Å². The largest absolute Gasteiger partial charge is 0.502 e. The van der Waals surface area contributed by atoms with Crippen molar-refractivity contribution in [3.05, 3.63) is 43.2 Å². The lowest BCUT2D eigenvalue weighted by atomic mass is 10.3. The Morgan fingerprint density at radius 3 is 2.62 bits per heavy atom. The van der Waals surface area contributed by atoms with E-state index in [2.05, 4.69) is 18.5 Å². The van der Waals surface area contributed by atoms with Gasteiger partial charge in [-0.15, -0.1) is 0 Å². The molecule has 0 radical (unpaired) electrons. The Kier molecular flexibility index (Phi) is 9.91. The molecule has 0 atom stereocenters. The van der Waals surface area contributed by atoms with Gasteiger partial charge in [0.1, 0.15) is 0 Å². The number of aliphatic imine (C=N–C) groups is 1. The van der Waals surface area contributed by atoms with Gasteiger partial charge in [-0.05, 0) is 18.6 Å². The minimum atomic E-state index is 0.646. The van der Waals surface area contributed by atoms with Crippen molar-refractivity contribution in [3.63, 3.8) is 0 Å². The Morgan fingerprint density at radius 2 is 2.12 bits per heavy atom. The second-order valence-corrected chi connectivity index (χ2v) is 2.93. The maximum Gasteiger partial charge on any atom is 0.240 e. The van der Waals surface area contributed by atoms with E-state index in [1.165, 1.54) is 18.8 Å². The maximum atomic E-state index is 9.68. The van der Waals surface area contributed by atoms with Crippen LogP contribution in [0.15, 0.2) is 48.2 Å². The summed E-state index contributed by atoms with van der Waals surface area (Å²) in [6.07, 6.45) is 5.26. The molecule has 0 aromatic heterocycles. The fourth-order valence-electron chi connectivity index (χ4n) is 0.866. The lowest BCUT2D eigenvalue weighted by Gasteiger charge is -1.93. The van der Waals surface area contributed by atoms with Crippen LogP contribution in [0.1, 0.15) is 19.8 Å². The molecule has 3 heteroatoms. The van der Waals surface area contributed by atoms with E-state index >= 15 is 0 Å². The maximum absolute atomic E-state index is 9.68. The van der Waals surface area contributed by atoms with Gasteiger partial charge in [-0.2, -0.15) is 4.99 Å². The Morgan fingerprint density at radius 1 is 1.44 bits per heavy atom. The van der Waals surface area contributed by atoms with Crippen molar-refractivity contribution < 1.29 is 9.53 Å². The number of benzene rings is 1. The van der Waals surface area contributed by atoms with Crippen LogP contribution >= 0.6 is 0 Å². The van der Waals surface area contributed by atoms with Gasteiger partial charge in [0.2, 0.25) is 6.08 Å². The monoisotopic (exact) mass is 219 g/mol. The average molecular weight is 219 g/mol. The first-order valence-electron chi connectivity index (χ1n) is 5.20. The summed E-state index contributed by atoms with van der Waals surface area (Å²) in [5.74, 6) is 0. The summed E-state index contributed by atoms with van der Waals surface area (Å²) in [5, 5.41) is 0. The molecule has 0 aliphatic rings. The molecular formula is C13H17NO2. The summed E-state index contributed by atoms with van der Waals surface area (Å²) in [5.41, 5.74) is 0.646. The molecule has 0 saturated heterocycles. The van der Waals surface area contributed by atoms with Crippen LogP contribution in [0.2, 0.25) is 0 Å². The summed E-state index contributed by atoms with van der Waals surface area (Å²) >= 11 is 0.